The summed E-state index contributed by atoms with van der Waals surface area (Å²) in [6.07, 6.45) is 5.13. The van der Waals surface area contributed by atoms with E-state index in [0.29, 0.717) is 11.5 Å². The fourth-order valence-corrected chi connectivity index (χ4v) is 2.84. The summed E-state index contributed by atoms with van der Waals surface area (Å²) in [6, 6.07) is 10.3. The molecule has 0 atom stereocenters. The molecule has 0 saturated carbocycles. The van der Waals surface area contributed by atoms with E-state index in [4.69, 9.17) is 11.6 Å². The molecule has 124 valence electrons. The molecular formula is C18H13ClFN5. The van der Waals surface area contributed by atoms with Crippen molar-refractivity contribution in [1.29, 1.82) is 0 Å². The van der Waals surface area contributed by atoms with E-state index in [1.54, 1.807) is 12.3 Å². The Hall–Kier alpha value is -2.99. The van der Waals surface area contributed by atoms with Crippen LogP contribution in [-0.4, -0.2) is 19.5 Å². The highest BCUT2D eigenvalue weighted by molar-refractivity contribution is 6.31. The third kappa shape index (κ3) is 2.92. The van der Waals surface area contributed by atoms with Crippen molar-refractivity contribution < 1.29 is 4.39 Å². The molecule has 7 heteroatoms. The molecule has 0 aliphatic carbocycles. The maximum Gasteiger partial charge on any atom is 0.141 e. The summed E-state index contributed by atoms with van der Waals surface area (Å²) in [5, 5.41) is 4.07. The number of rotatable bonds is 3. The third-order valence-corrected chi connectivity index (χ3v) is 4.19. The van der Waals surface area contributed by atoms with Crippen LogP contribution in [0.2, 0.25) is 5.02 Å². The first-order valence-electron chi connectivity index (χ1n) is 7.59. The highest BCUT2D eigenvalue weighted by Gasteiger charge is 2.09. The first-order chi connectivity index (χ1) is 12.1. The molecule has 25 heavy (non-hydrogen) atoms. The minimum absolute atomic E-state index is 0.0538. The number of aryl methyl sites for hydroxylation is 1. The SMILES string of the molecule is Cc1nccn1-c1ccc2ncnc(Nc3ccc(F)c(Cl)c3)c2c1. The van der Waals surface area contributed by atoms with Gasteiger partial charge in [0, 0.05) is 29.2 Å². The number of nitrogens with zero attached hydrogens (tertiary/aromatic N) is 4. The molecule has 0 aliphatic rings. The number of aromatic nitrogens is 4. The van der Waals surface area contributed by atoms with Crippen molar-refractivity contribution in [3.8, 4) is 5.69 Å². The Kier molecular flexibility index (Phi) is 3.82. The predicted molar refractivity (Wildman–Crippen MR) is 96.1 cm³/mol. The molecule has 2 heterocycles. The molecule has 0 aliphatic heterocycles. The maximum atomic E-state index is 13.3. The van der Waals surface area contributed by atoms with Gasteiger partial charge in [-0.15, -0.1) is 0 Å². The minimum Gasteiger partial charge on any atom is -0.340 e. The average molecular weight is 354 g/mol. The number of hydrogen-bond donors (Lipinski definition) is 1. The van der Waals surface area contributed by atoms with Crippen molar-refractivity contribution in [3.05, 3.63) is 71.8 Å². The van der Waals surface area contributed by atoms with Gasteiger partial charge in [0.1, 0.15) is 23.8 Å². The van der Waals surface area contributed by atoms with E-state index in [1.165, 1.54) is 18.5 Å². The van der Waals surface area contributed by atoms with Gasteiger partial charge < -0.3 is 9.88 Å². The van der Waals surface area contributed by atoms with E-state index in [2.05, 4.69) is 20.3 Å². The van der Waals surface area contributed by atoms with Gasteiger partial charge in [-0.05, 0) is 43.3 Å². The zero-order valence-electron chi connectivity index (χ0n) is 13.2. The summed E-state index contributed by atoms with van der Waals surface area (Å²) >= 11 is 5.85. The van der Waals surface area contributed by atoms with E-state index in [-0.39, 0.29) is 5.02 Å². The molecule has 2 aromatic heterocycles. The largest absolute Gasteiger partial charge is 0.340 e. The molecule has 0 unspecified atom stereocenters. The van der Waals surface area contributed by atoms with Gasteiger partial charge in [-0.2, -0.15) is 0 Å². The summed E-state index contributed by atoms with van der Waals surface area (Å²) in [5.74, 6) is 1.04. The van der Waals surface area contributed by atoms with Gasteiger partial charge in [0.05, 0.1) is 10.5 Å². The van der Waals surface area contributed by atoms with Crippen LogP contribution in [0.25, 0.3) is 16.6 Å². The number of benzene rings is 2. The van der Waals surface area contributed by atoms with E-state index in [0.717, 1.165) is 22.4 Å². The van der Waals surface area contributed by atoms with E-state index >= 15 is 0 Å². The highest BCUT2D eigenvalue weighted by atomic mass is 35.5. The lowest BCUT2D eigenvalue weighted by Gasteiger charge is -2.11. The second-order valence-corrected chi connectivity index (χ2v) is 5.93. The number of imidazole rings is 1. The zero-order valence-corrected chi connectivity index (χ0v) is 14.0. The van der Waals surface area contributed by atoms with E-state index < -0.39 is 5.82 Å². The number of anilines is 2. The Labute approximate surface area is 148 Å². The van der Waals surface area contributed by atoms with Gasteiger partial charge in [-0.1, -0.05) is 11.6 Å². The number of fused-ring (bicyclic) bond motifs is 1. The van der Waals surface area contributed by atoms with Gasteiger partial charge in [0.25, 0.3) is 0 Å². The van der Waals surface area contributed by atoms with Crippen molar-refractivity contribution in [2.45, 2.75) is 6.92 Å². The quantitative estimate of drug-likeness (QED) is 0.582. The lowest BCUT2D eigenvalue weighted by atomic mass is 10.2. The smallest absolute Gasteiger partial charge is 0.141 e. The molecule has 0 saturated heterocycles. The number of hydrogen-bond acceptors (Lipinski definition) is 4. The third-order valence-electron chi connectivity index (χ3n) is 3.91. The average Bonchev–Trinajstić information content (AvgIpc) is 3.04. The molecule has 1 N–H and O–H groups in total. The summed E-state index contributed by atoms with van der Waals surface area (Å²) in [4.78, 5) is 12.9. The van der Waals surface area contributed by atoms with Gasteiger partial charge >= 0.3 is 0 Å². The molecule has 2 aromatic carbocycles. The molecule has 4 aromatic rings. The van der Waals surface area contributed by atoms with Crippen LogP contribution < -0.4 is 5.32 Å². The van der Waals surface area contributed by atoms with Gasteiger partial charge in [0.15, 0.2) is 0 Å². The Balaban J connectivity index is 1.80. The summed E-state index contributed by atoms with van der Waals surface area (Å²) in [5.41, 5.74) is 2.40. The van der Waals surface area contributed by atoms with Crippen LogP contribution in [0.4, 0.5) is 15.9 Å². The van der Waals surface area contributed by atoms with Crippen LogP contribution in [-0.2, 0) is 0 Å². The van der Waals surface area contributed by atoms with Gasteiger partial charge in [0.2, 0.25) is 0 Å². The molecule has 0 amide bonds. The molecule has 0 radical (unpaired) electrons. The standard InChI is InChI=1S/C18H13ClFN5/c1-11-21-6-7-25(11)13-3-5-17-14(9-13)18(23-10-22-17)24-12-2-4-16(20)15(19)8-12/h2-10H,1H3,(H,22,23,24). The number of nitrogens with one attached hydrogen (secondary N) is 1. The maximum absolute atomic E-state index is 13.3. The van der Waals surface area contributed by atoms with E-state index in [9.17, 15) is 4.39 Å². The lowest BCUT2D eigenvalue weighted by Crippen LogP contribution is -1.99. The van der Waals surface area contributed by atoms with Crippen LogP contribution in [0.15, 0.2) is 55.1 Å². The fourth-order valence-electron chi connectivity index (χ4n) is 2.66. The van der Waals surface area contributed by atoms with Gasteiger partial charge in [-0.25, -0.2) is 19.3 Å². The van der Waals surface area contributed by atoms with Crippen LogP contribution in [0.3, 0.4) is 0 Å². The molecular weight excluding hydrogens is 341 g/mol. The Morgan fingerprint density at radius 3 is 2.72 bits per heavy atom. The monoisotopic (exact) mass is 353 g/mol. The lowest BCUT2D eigenvalue weighted by molar-refractivity contribution is 0.628. The first-order valence-corrected chi connectivity index (χ1v) is 7.97. The topological polar surface area (TPSA) is 55.6 Å². The van der Waals surface area contributed by atoms with Crippen LogP contribution in [0.1, 0.15) is 5.82 Å². The van der Waals surface area contributed by atoms with Crippen molar-refractivity contribution >= 4 is 34.0 Å². The highest BCUT2D eigenvalue weighted by Crippen LogP contribution is 2.27. The second kappa shape index (κ2) is 6.14. The van der Waals surface area contributed by atoms with E-state index in [1.807, 2.05) is 35.9 Å². The van der Waals surface area contributed by atoms with Crippen molar-refractivity contribution in [2.24, 2.45) is 0 Å². The first kappa shape index (κ1) is 15.5. The summed E-state index contributed by atoms with van der Waals surface area (Å²) < 4.78 is 15.3. The Morgan fingerprint density at radius 1 is 1.08 bits per heavy atom. The van der Waals surface area contributed by atoms with Crippen LogP contribution in [0.5, 0.6) is 0 Å². The second-order valence-electron chi connectivity index (χ2n) is 5.52. The molecule has 5 nitrogen and oxygen atoms in total. The summed E-state index contributed by atoms with van der Waals surface area (Å²) in [6.45, 7) is 1.94. The van der Waals surface area contributed by atoms with Crippen LogP contribution in [0, 0.1) is 12.7 Å². The summed E-state index contributed by atoms with van der Waals surface area (Å²) in [7, 11) is 0. The predicted octanol–water partition coefficient (Wildman–Crippen LogP) is 4.66. The van der Waals surface area contributed by atoms with Gasteiger partial charge in [-0.3, -0.25) is 0 Å². The fraction of sp³-hybridized carbons (Fsp3) is 0.0556. The molecule has 4 rings (SSSR count). The van der Waals surface area contributed by atoms with Crippen LogP contribution >= 0.6 is 11.6 Å². The van der Waals surface area contributed by atoms with Crippen molar-refractivity contribution in [1.82, 2.24) is 19.5 Å². The normalized spacial score (nSPS) is 11.0. The molecule has 0 bridgehead atoms. The number of halogens is 2. The minimum atomic E-state index is -0.461. The van der Waals surface area contributed by atoms with Crippen molar-refractivity contribution in [2.75, 3.05) is 5.32 Å². The molecule has 0 fully saturated rings. The van der Waals surface area contributed by atoms with Crippen molar-refractivity contribution in [3.63, 3.8) is 0 Å². The Bertz CT molecular complexity index is 1080. The zero-order chi connectivity index (χ0) is 17.4. The molecule has 0 spiro atoms. The Morgan fingerprint density at radius 2 is 1.96 bits per heavy atom.